The monoisotopic (exact) mass is 285 g/mol. The first-order chi connectivity index (χ1) is 9.03. The molecule has 1 aliphatic rings. The van der Waals surface area contributed by atoms with Gasteiger partial charge in [0, 0.05) is 19.3 Å². The molecule has 2 rings (SSSR count). The number of benzene rings is 1. The minimum atomic E-state index is -3.48. The highest BCUT2D eigenvalue weighted by Gasteiger charge is 2.23. The zero-order valence-corrected chi connectivity index (χ0v) is 12.0. The van der Waals surface area contributed by atoms with E-state index in [-0.39, 0.29) is 6.04 Å². The fourth-order valence-corrected chi connectivity index (χ4v) is 3.68. The van der Waals surface area contributed by atoms with Crippen LogP contribution in [-0.2, 0) is 14.8 Å². The largest absolute Gasteiger partial charge is 0.497 e. The maximum absolute atomic E-state index is 12.3. The number of methoxy groups -OCH3 is 1. The third-order valence-electron chi connectivity index (χ3n) is 3.21. The van der Waals surface area contributed by atoms with E-state index in [1.807, 2.05) is 0 Å². The summed E-state index contributed by atoms with van der Waals surface area (Å²) in [4.78, 5) is 0.305. The number of hydrogen-bond donors (Lipinski definition) is 1. The van der Waals surface area contributed by atoms with Crippen LogP contribution in [0.25, 0.3) is 0 Å². The molecule has 0 atom stereocenters. The van der Waals surface area contributed by atoms with E-state index in [9.17, 15) is 8.42 Å². The Bertz CT molecular complexity index is 536. The third-order valence-corrected chi connectivity index (χ3v) is 4.90. The van der Waals surface area contributed by atoms with Gasteiger partial charge in [-0.25, -0.2) is 13.1 Å². The van der Waals surface area contributed by atoms with E-state index in [2.05, 4.69) is 4.72 Å². The van der Waals surface area contributed by atoms with Gasteiger partial charge >= 0.3 is 0 Å². The highest BCUT2D eigenvalue weighted by atomic mass is 32.2. The Morgan fingerprint density at radius 3 is 2.58 bits per heavy atom. The van der Waals surface area contributed by atoms with Crippen LogP contribution in [0.3, 0.4) is 0 Å². The second-order valence-electron chi connectivity index (χ2n) is 4.64. The van der Waals surface area contributed by atoms with Gasteiger partial charge in [0.15, 0.2) is 0 Å². The Labute approximate surface area is 114 Å². The zero-order valence-electron chi connectivity index (χ0n) is 11.2. The van der Waals surface area contributed by atoms with Crippen molar-refractivity contribution in [2.45, 2.75) is 30.7 Å². The molecule has 1 saturated heterocycles. The van der Waals surface area contributed by atoms with Crippen LogP contribution in [0.4, 0.5) is 0 Å². The molecule has 1 aromatic rings. The van der Waals surface area contributed by atoms with Crippen molar-refractivity contribution in [2.75, 3.05) is 20.3 Å². The molecule has 0 spiro atoms. The van der Waals surface area contributed by atoms with Crippen molar-refractivity contribution in [1.82, 2.24) is 4.72 Å². The smallest absolute Gasteiger partial charge is 0.241 e. The molecule has 1 heterocycles. The third kappa shape index (κ3) is 3.46. The fourth-order valence-electron chi connectivity index (χ4n) is 2.15. The quantitative estimate of drug-likeness (QED) is 0.909. The van der Waals surface area contributed by atoms with Crippen LogP contribution in [-0.4, -0.2) is 34.8 Å². The summed E-state index contributed by atoms with van der Waals surface area (Å²) >= 11 is 0. The lowest BCUT2D eigenvalue weighted by molar-refractivity contribution is 0.0832. The SMILES string of the molecule is COc1ccc(S(=O)(=O)NC2CCOCC2)c(C)c1. The molecule has 106 valence electrons. The lowest BCUT2D eigenvalue weighted by atomic mass is 10.1. The predicted octanol–water partition coefficient (Wildman–Crippen LogP) is 1.46. The molecular weight excluding hydrogens is 266 g/mol. The van der Waals surface area contributed by atoms with Gasteiger partial charge in [0.2, 0.25) is 10.0 Å². The van der Waals surface area contributed by atoms with Crippen molar-refractivity contribution in [3.8, 4) is 5.75 Å². The van der Waals surface area contributed by atoms with Crippen LogP contribution in [0.2, 0.25) is 0 Å². The van der Waals surface area contributed by atoms with Gasteiger partial charge in [-0.15, -0.1) is 0 Å². The van der Waals surface area contributed by atoms with E-state index in [0.717, 1.165) is 0 Å². The van der Waals surface area contributed by atoms with Gasteiger partial charge in [0.25, 0.3) is 0 Å². The number of hydrogen-bond acceptors (Lipinski definition) is 4. The molecule has 0 aromatic heterocycles. The summed E-state index contributed by atoms with van der Waals surface area (Å²) < 4.78 is 37.7. The predicted molar refractivity (Wildman–Crippen MR) is 71.9 cm³/mol. The molecule has 1 N–H and O–H groups in total. The number of aryl methyl sites for hydroxylation is 1. The van der Waals surface area contributed by atoms with Crippen molar-refractivity contribution >= 4 is 10.0 Å². The first kappa shape index (κ1) is 14.3. The lowest BCUT2D eigenvalue weighted by Crippen LogP contribution is -2.39. The molecule has 19 heavy (non-hydrogen) atoms. The summed E-state index contributed by atoms with van der Waals surface area (Å²) in [6.45, 7) is 2.98. The van der Waals surface area contributed by atoms with Crippen molar-refractivity contribution in [2.24, 2.45) is 0 Å². The van der Waals surface area contributed by atoms with Crippen LogP contribution < -0.4 is 9.46 Å². The van der Waals surface area contributed by atoms with E-state index >= 15 is 0 Å². The molecule has 0 radical (unpaired) electrons. The van der Waals surface area contributed by atoms with Gasteiger partial charge in [-0.2, -0.15) is 0 Å². The Hall–Kier alpha value is -1.11. The average Bonchev–Trinajstić information content (AvgIpc) is 2.38. The molecule has 0 unspecified atom stereocenters. The second kappa shape index (κ2) is 5.90. The van der Waals surface area contributed by atoms with Crippen LogP contribution in [0.5, 0.6) is 5.75 Å². The van der Waals surface area contributed by atoms with Gasteiger partial charge in [-0.05, 0) is 43.5 Å². The number of ether oxygens (including phenoxy) is 2. The van der Waals surface area contributed by atoms with E-state index in [1.54, 1.807) is 32.2 Å². The topological polar surface area (TPSA) is 64.6 Å². The summed E-state index contributed by atoms with van der Waals surface area (Å²) in [5.41, 5.74) is 0.680. The molecule has 5 nitrogen and oxygen atoms in total. The summed E-state index contributed by atoms with van der Waals surface area (Å²) in [5.74, 6) is 0.655. The average molecular weight is 285 g/mol. The standard InChI is InChI=1S/C13H19NO4S/c1-10-9-12(17-2)3-4-13(10)19(15,16)14-11-5-7-18-8-6-11/h3-4,9,11,14H,5-8H2,1-2H3. The molecule has 1 aliphatic heterocycles. The first-order valence-electron chi connectivity index (χ1n) is 6.27. The van der Waals surface area contributed by atoms with E-state index in [0.29, 0.717) is 42.3 Å². The van der Waals surface area contributed by atoms with Crippen molar-refractivity contribution in [3.63, 3.8) is 0 Å². The van der Waals surface area contributed by atoms with Gasteiger partial charge in [0.1, 0.15) is 5.75 Å². The maximum atomic E-state index is 12.3. The highest BCUT2D eigenvalue weighted by Crippen LogP contribution is 2.21. The Balaban J connectivity index is 2.18. The molecule has 6 heteroatoms. The number of rotatable bonds is 4. The van der Waals surface area contributed by atoms with Gasteiger partial charge in [-0.3, -0.25) is 0 Å². The normalized spacial score (nSPS) is 17.4. The molecule has 0 aliphatic carbocycles. The van der Waals surface area contributed by atoms with Gasteiger partial charge in [-0.1, -0.05) is 0 Å². The Kier molecular flexibility index (Phi) is 4.44. The van der Waals surface area contributed by atoms with E-state index in [4.69, 9.17) is 9.47 Å². The molecule has 1 fully saturated rings. The summed E-state index contributed by atoms with van der Waals surface area (Å²) in [5, 5.41) is 0. The lowest BCUT2D eigenvalue weighted by Gasteiger charge is -2.23. The maximum Gasteiger partial charge on any atom is 0.241 e. The fraction of sp³-hybridized carbons (Fsp3) is 0.538. The van der Waals surface area contributed by atoms with Crippen LogP contribution in [0.1, 0.15) is 18.4 Å². The molecule has 0 amide bonds. The van der Waals surface area contributed by atoms with Crippen LogP contribution in [0.15, 0.2) is 23.1 Å². The molecular formula is C13H19NO4S. The van der Waals surface area contributed by atoms with Crippen molar-refractivity contribution in [1.29, 1.82) is 0 Å². The molecule has 0 saturated carbocycles. The minimum Gasteiger partial charge on any atom is -0.497 e. The molecule has 1 aromatic carbocycles. The Morgan fingerprint density at radius 1 is 1.32 bits per heavy atom. The Morgan fingerprint density at radius 2 is 2.00 bits per heavy atom. The molecule has 0 bridgehead atoms. The number of sulfonamides is 1. The van der Waals surface area contributed by atoms with Gasteiger partial charge in [0.05, 0.1) is 12.0 Å². The van der Waals surface area contributed by atoms with Crippen molar-refractivity contribution < 1.29 is 17.9 Å². The van der Waals surface area contributed by atoms with E-state index < -0.39 is 10.0 Å². The minimum absolute atomic E-state index is 0.0414. The second-order valence-corrected chi connectivity index (χ2v) is 6.32. The van der Waals surface area contributed by atoms with Crippen LogP contribution in [0, 0.1) is 6.92 Å². The summed E-state index contributed by atoms with van der Waals surface area (Å²) in [7, 11) is -1.92. The van der Waals surface area contributed by atoms with Crippen LogP contribution >= 0.6 is 0 Å². The van der Waals surface area contributed by atoms with Gasteiger partial charge < -0.3 is 9.47 Å². The van der Waals surface area contributed by atoms with E-state index in [1.165, 1.54) is 0 Å². The first-order valence-corrected chi connectivity index (χ1v) is 7.76. The zero-order chi connectivity index (χ0) is 13.9. The number of nitrogens with one attached hydrogen (secondary N) is 1. The highest BCUT2D eigenvalue weighted by molar-refractivity contribution is 7.89. The summed E-state index contributed by atoms with van der Waals surface area (Å²) in [6, 6.07) is 4.92. The van der Waals surface area contributed by atoms with Crippen molar-refractivity contribution in [3.05, 3.63) is 23.8 Å². The summed E-state index contributed by atoms with van der Waals surface area (Å²) in [6.07, 6.45) is 1.43.